The van der Waals surface area contributed by atoms with Crippen LogP contribution in [0.5, 0.6) is 0 Å². The largest absolute Gasteiger partial charge is 0.297 e. The Morgan fingerprint density at radius 3 is 2.03 bits per heavy atom. The molecule has 32 heavy (non-hydrogen) atoms. The van der Waals surface area contributed by atoms with E-state index in [9.17, 15) is 26.4 Å². The molecule has 2 aromatic carbocycles. The summed E-state index contributed by atoms with van der Waals surface area (Å²) in [6.45, 7) is 0. The van der Waals surface area contributed by atoms with E-state index in [1.165, 1.54) is 54.6 Å². The Labute approximate surface area is 184 Å². The fourth-order valence-corrected chi connectivity index (χ4v) is 5.39. The Morgan fingerprint density at radius 2 is 1.38 bits per heavy atom. The third-order valence-corrected chi connectivity index (χ3v) is 7.32. The molecule has 0 unspecified atom stereocenters. The van der Waals surface area contributed by atoms with E-state index in [0.717, 1.165) is 12.5 Å². The minimum Gasteiger partial charge on any atom is -0.297 e. The molecule has 0 saturated carbocycles. The van der Waals surface area contributed by atoms with Gasteiger partial charge in [-0.3, -0.25) is 15.0 Å². The van der Waals surface area contributed by atoms with Gasteiger partial charge in [0.25, 0.3) is 0 Å². The van der Waals surface area contributed by atoms with Crippen LogP contribution in [0, 0.1) is 5.41 Å². The number of fused-ring (bicyclic) bond motifs is 2. The van der Waals surface area contributed by atoms with Gasteiger partial charge >= 0.3 is 0 Å². The van der Waals surface area contributed by atoms with E-state index in [4.69, 9.17) is 5.41 Å². The van der Waals surface area contributed by atoms with E-state index >= 15 is 0 Å². The number of hydrogen-bond donors (Lipinski definition) is 1. The average molecular weight is 469 g/mol. The van der Waals surface area contributed by atoms with Gasteiger partial charge in [0.1, 0.15) is 11.4 Å². The van der Waals surface area contributed by atoms with Crippen LogP contribution in [0.15, 0.2) is 57.3 Å². The van der Waals surface area contributed by atoms with Gasteiger partial charge in [-0.25, -0.2) is 21.8 Å². The van der Waals surface area contributed by atoms with Crippen molar-refractivity contribution in [2.24, 2.45) is 4.99 Å². The molecule has 0 radical (unpaired) electrons. The van der Waals surface area contributed by atoms with Gasteiger partial charge in [0, 0.05) is 34.8 Å². The standard InChI is InChI=1S/C22H16N2O6S2/c1-31(27,28)19-5-3-4-15-13(19)7-9-18(22(15)26)24-12-10-16-14(6-8-17(23)21(16)25)20(11-12)32(2,29)30/h3-11,23H,1-2H3. The Kier molecular flexibility index (Phi) is 4.94. The summed E-state index contributed by atoms with van der Waals surface area (Å²) in [5.41, 5.74) is 0.300. The van der Waals surface area contributed by atoms with Crippen LogP contribution in [0.4, 0.5) is 5.69 Å². The Morgan fingerprint density at radius 1 is 0.750 bits per heavy atom. The zero-order valence-electron chi connectivity index (χ0n) is 16.9. The van der Waals surface area contributed by atoms with Crippen molar-refractivity contribution in [2.75, 3.05) is 12.5 Å². The molecule has 0 heterocycles. The van der Waals surface area contributed by atoms with E-state index in [1.54, 1.807) is 0 Å². The maximum absolute atomic E-state index is 13.0. The first-order valence-corrected chi connectivity index (χ1v) is 13.0. The molecule has 2 aromatic rings. The van der Waals surface area contributed by atoms with Gasteiger partial charge in [-0.2, -0.15) is 0 Å². The number of carbonyl (C=O) groups excluding carboxylic acids is 2. The van der Waals surface area contributed by atoms with Crippen molar-refractivity contribution in [2.45, 2.75) is 9.79 Å². The second-order valence-electron chi connectivity index (χ2n) is 7.40. The van der Waals surface area contributed by atoms with Crippen LogP contribution in [0.25, 0.3) is 12.2 Å². The molecule has 0 atom stereocenters. The second-order valence-corrected chi connectivity index (χ2v) is 11.4. The summed E-state index contributed by atoms with van der Waals surface area (Å²) < 4.78 is 48.7. The molecule has 0 saturated heterocycles. The summed E-state index contributed by atoms with van der Waals surface area (Å²) >= 11 is 0. The molecule has 8 nitrogen and oxygen atoms in total. The molecule has 2 aliphatic carbocycles. The van der Waals surface area contributed by atoms with E-state index in [0.29, 0.717) is 0 Å². The minimum atomic E-state index is -3.75. The number of nitrogens with zero attached hydrogens (tertiary/aromatic N) is 1. The number of rotatable bonds is 3. The van der Waals surface area contributed by atoms with Crippen molar-refractivity contribution in [3.05, 3.63) is 64.7 Å². The quantitative estimate of drug-likeness (QED) is 0.735. The Balaban J connectivity index is 1.89. The molecular weight excluding hydrogens is 452 g/mol. The lowest BCUT2D eigenvalue weighted by molar-refractivity contribution is 0.105. The fourth-order valence-electron chi connectivity index (χ4n) is 3.57. The maximum atomic E-state index is 13.0. The van der Waals surface area contributed by atoms with Crippen molar-refractivity contribution in [1.29, 1.82) is 5.41 Å². The molecule has 1 N–H and O–H groups in total. The summed E-state index contributed by atoms with van der Waals surface area (Å²) in [6, 6.07) is 6.94. The third kappa shape index (κ3) is 3.67. The molecule has 0 aromatic heterocycles. The van der Waals surface area contributed by atoms with Gasteiger partial charge in [0.05, 0.1) is 15.5 Å². The van der Waals surface area contributed by atoms with Crippen molar-refractivity contribution in [3.63, 3.8) is 0 Å². The number of aliphatic imine (C=N–C) groups is 1. The molecule has 162 valence electrons. The number of Topliss-reactive ketones (excluding diaryl/α,β-unsaturated/α-hetero) is 2. The van der Waals surface area contributed by atoms with E-state index in [1.807, 2.05) is 0 Å². The lowest BCUT2D eigenvalue weighted by Gasteiger charge is -2.16. The van der Waals surface area contributed by atoms with Crippen LogP contribution in [0.2, 0.25) is 0 Å². The lowest BCUT2D eigenvalue weighted by Crippen LogP contribution is -2.19. The molecule has 0 amide bonds. The number of hydrogen-bond acceptors (Lipinski definition) is 8. The molecule has 0 aliphatic heterocycles. The van der Waals surface area contributed by atoms with Crippen LogP contribution in [0.1, 0.15) is 31.8 Å². The SMILES string of the molecule is CS(=O)(=O)c1cc(N=C2C=Cc3c(cccc3S(C)(=O)=O)C2=O)cc2c1C=CC(=N)C2=O. The zero-order chi connectivity index (χ0) is 23.4. The van der Waals surface area contributed by atoms with Crippen LogP contribution < -0.4 is 0 Å². The van der Waals surface area contributed by atoms with Gasteiger partial charge in [-0.05, 0) is 30.4 Å². The average Bonchev–Trinajstić information content (AvgIpc) is 2.71. The first kappa shape index (κ1) is 21.7. The minimum absolute atomic E-state index is 0.00627. The van der Waals surface area contributed by atoms with Gasteiger partial charge in [-0.15, -0.1) is 0 Å². The number of sulfone groups is 2. The highest BCUT2D eigenvalue weighted by atomic mass is 32.2. The zero-order valence-corrected chi connectivity index (χ0v) is 18.5. The van der Waals surface area contributed by atoms with Gasteiger partial charge < -0.3 is 0 Å². The van der Waals surface area contributed by atoms with Crippen molar-refractivity contribution in [1.82, 2.24) is 0 Å². The topological polar surface area (TPSA) is 139 Å². The number of nitrogens with one attached hydrogen (secondary N) is 1. The first-order chi connectivity index (χ1) is 14.9. The van der Waals surface area contributed by atoms with E-state index < -0.39 is 31.2 Å². The summed E-state index contributed by atoms with van der Waals surface area (Å²) in [6.07, 6.45) is 7.48. The first-order valence-electron chi connectivity index (χ1n) is 9.22. The molecule has 0 fully saturated rings. The highest BCUT2D eigenvalue weighted by Gasteiger charge is 2.27. The number of benzene rings is 2. The summed E-state index contributed by atoms with van der Waals surface area (Å²) in [5.74, 6) is -1.19. The van der Waals surface area contributed by atoms with Crippen LogP contribution in [0.3, 0.4) is 0 Å². The number of ketones is 2. The second kappa shape index (κ2) is 7.28. The fraction of sp³-hybridized carbons (Fsp3) is 0.0909. The van der Waals surface area contributed by atoms with Crippen molar-refractivity contribution >= 4 is 60.5 Å². The third-order valence-electron chi connectivity index (χ3n) is 5.03. The monoisotopic (exact) mass is 468 g/mol. The maximum Gasteiger partial charge on any atom is 0.212 e. The van der Waals surface area contributed by atoms with Crippen LogP contribution in [-0.2, 0) is 19.7 Å². The van der Waals surface area contributed by atoms with Gasteiger partial charge in [-0.1, -0.05) is 24.3 Å². The number of carbonyl (C=O) groups is 2. The van der Waals surface area contributed by atoms with Gasteiger partial charge in [0.15, 0.2) is 19.7 Å². The molecule has 10 heteroatoms. The molecule has 0 spiro atoms. The smallest absolute Gasteiger partial charge is 0.212 e. The molecular formula is C22H16N2O6S2. The molecule has 4 rings (SSSR count). The van der Waals surface area contributed by atoms with Crippen molar-refractivity contribution in [3.8, 4) is 0 Å². The molecule has 0 bridgehead atoms. The number of allylic oxidation sites excluding steroid dienone is 2. The van der Waals surface area contributed by atoms with E-state index in [2.05, 4.69) is 4.99 Å². The summed E-state index contributed by atoms with van der Waals surface area (Å²) in [5, 5.41) is 7.72. The Bertz CT molecular complexity index is 1560. The predicted molar refractivity (Wildman–Crippen MR) is 121 cm³/mol. The summed E-state index contributed by atoms with van der Waals surface area (Å²) in [7, 11) is -7.31. The lowest BCUT2D eigenvalue weighted by atomic mass is 9.93. The van der Waals surface area contributed by atoms with E-state index in [-0.39, 0.29) is 49.2 Å². The normalized spacial score (nSPS) is 16.9. The molecule has 2 aliphatic rings. The van der Waals surface area contributed by atoms with Crippen molar-refractivity contribution < 1.29 is 26.4 Å². The highest BCUT2D eigenvalue weighted by molar-refractivity contribution is 7.91. The van der Waals surface area contributed by atoms with Gasteiger partial charge in [0.2, 0.25) is 11.6 Å². The Hall–Kier alpha value is -3.50. The van der Waals surface area contributed by atoms with Crippen LogP contribution >= 0.6 is 0 Å². The van der Waals surface area contributed by atoms with Crippen LogP contribution in [-0.4, -0.2) is 52.3 Å². The predicted octanol–water partition coefficient (Wildman–Crippen LogP) is 2.71. The highest BCUT2D eigenvalue weighted by Crippen LogP contribution is 2.32. The summed E-state index contributed by atoms with van der Waals surface area (Å²) in [4.78, 5) is 29.5.